The van der Waals surface area contributed by atoms with Crippen LogP contribution in [-0.2, 0) is 0 Å². The largest absolute Gasteiger partial charge is 0.455 e. The van der Waals surface area contributed by atoms with Gasteiger partial charge in [0.2, 0.25) is 5.95 Å². The fraction of sp³-hybridized carbons (Fsp3) is 0. The molecule has 0 atom stereocenters. The Kier molecular flexibility index (Phi) is 5.43. The molecular weight excluding hydrogens is 540 g/mol. The molecule has 3 heterocycles. The third kappa shape index (κ3) is 3.76. The highest BCUT2D eigenvalue weighted by Crippen LogP contribution is 2.39. The van der Waals surface area contributed by atoms with Gasteiger partial charge >= 0.3 is 0 Å². The maximum atomic E-state index is 6.41. The molecule has 0 saturated carbocycles. The number of para-hydroxylation sites is 3. The lowest BCUT2D eigenvalue weighted by Gasteiger charge is -2.11. The van der Waals surface area contributed by atoms with E-state index in [9.17, 15) is 0 Å². The molecule has 44 heavy (non-hydrogen) atoms. The summed E-state index contributed by atoms with van der Waals surface area (Å²) in [5.41, 5.74) is 7.74. The molecule has 0 aliphatic rings. The molecule has 0 aliphatic heterocycles. The van der Waals surface area contributed by atoms with E-state index in [0.717, 1.165) is 54.9 Å². The van der Waals surface area contributed by atoms with Crippen molar-refractivity contribution in [2.45, 2.75) is 0 Å². The fourth-order valence-corrected chi connectivity index (χ4v) is 6.32. The van der Waals surface area contributed by atoms with Gasteiger partial charge in [0.15, 0.2) is 11.6 Å². The van der Waals surface area contributed by atoms with Gasteiger partial charge in [0.05, 0.1) is 16.6 Å². The maximum absolute atomic E-state index is 6.41. The molecule has 0 N–H and O–H groups in total. The summed E-state index contributed by atoms with van der Waals surface area (Å²) in [6, 6.07) is 49.8. The molecule has 9 aromatic rings. The number of hydrogen-bond donors (Lipinski definition) is 0. The average molecular weight is 565 g/mol. The molecule has 3 aromatic heterocycles. The zero-order valence-corrected chi connectivity index (χ0v) is 23.6. The smallest absolute Gasteiger partial charge is 0.238 e. The summed E-state index contributed by atoms with van der Waals surface area (Å²) < 4.78 is 8.57. The summed E-state index contributed by atoms with van der Waals surface area (Å²) in [6.45, 7) is 0. The monoisotopic (exact) mass is 564 g/mol. The van der Waals surface area contributed by atoms with Crippen LogP contribution in [0.3, 0.4) is 0 Å². The molecule has 0 bridgehead atoms. The van der Waals surface area contributed by atoms with Crippen molar-refractivity contribution in [1.29, 1.82) is 0 Å². The lowest BCUT2D eigenvalue weighted by atomic mass is 9.99. The topological polar surface area (TPSA) is 56.7 Å². The average Bonchev–Trinajstić information content (AvgIpc) is 3.65. The number of nitrogens with zero attached hydrogens (tertiary/aromatic N) is 4. The van der Waals surface area contributed by atoms with Crippen molar-refractivity contribution in [3.63, 3.8) is 0 Å². The third-order valence-corrected chi connectivity index (χ3v) is 8.28. The van der Waals surface area contributed by atoms with Crippen molar-refractivity contribution < 1.29 is 4.42 Å². The second kappa shape index (κ2) is 9.75. The molecule has 0 unspecified atom stereocenters. The summed E-state index contributed by atoms with van der Waals surface area (Å²) in [5, 5.41) is 4.41. The minimum absolute atomic E-state index is 0.554. The van der Waals surface area contributed by atoms with Crippen LogP contribution in [0.25, 0.3) is 83.6 Å². The molecule has 206 valence electrons. The summed E-state index contributed by atoms with van der Waals surface area (Å²) in [4.78, 5) is 15.3. The van der Waals surface area contributed by atoms with Gasteiger partial charge in [-0.3, -0.25) is 4.57 Å². The van der Waals surface area contributed by atoms with Gasteiger partial charge in [-0.15, -0.1) is 0 Å². The van der Waals surface area contributed by atoms with Crippen molar-refractivity contribution in [3.8, 4) is 39.9 Å². The van der Waals surface area contributed by atoms with E-state index < -0.39 is 0 Å². The highest BCUT2D eigenvalue weighted by Gasteiger charge is 2.21. The molecule has 9 rings (SSSR count). The van der Waals surface area contributed by atoms with Crippen LogP contribution in [0.4, 0.5) is 0 Å². The normalized spacial score (nSPS) is 11.6. The summed E-state index contributed by atoms with van der Waals surface area (Å²) in [5.74, 6) is 1.71. The van der Waals surface area contributed by atoms with Crippen molar-refractivity contribution in [1.82, 2.24) is 19.5 Å². The molecule has 0 saturated heterocycles. The Labute approximate surface area is 252 Å². The molecule has 6 aromatic carbocycles. The molecule has 0 radical (unpaired) electrons. The zero-order chi connectivity index (χ0) is 29.0. The van der Waals surface area contributed by atoms with E-state index in [0.29, 0.717) is 17.6 Å². The molecule has 0 spiro atoms. The second-order valence-corrected chi connectivity index (χ2v) is 10.8. The number of fused-ring (bicyclic) bond motifs is 6. The van der Waals surface area contributed by atoms with E-state index in [1.54, 1.807) is 0 Å². The van der Waals surface area contributed by atoms with E-state index in [4.69, 9.17) is 19.4 Å². The molecule has 0 fully saturated rings. The van der Waals surface area contributed by atoms with Gasteiger partial charge in [-0.25, -0.2) is 4.98 Å². The van der Waals surface area contributed by atoms with E-state index in [2.05, 4.69) is 83.4 Å². The third-order valence-electron chi connectivity index (χ3n) is 8.28. The highest BCUT2D eigenvalue weighted by molar-refractivity contribution is 6.15. The van der Waals surface area contributed by atoms with Crippen LogP contribution in [0, 0.1) is 0 Å². The number of aromatic nitrogens is 4. The number of hydrogen-bond acceptors (Lipinski definition) is 4. The minimum Gasteiger partial charge on any atom is -0.455 e. The van der Waals surface area contributed by atoms with Gasteiger partial charge < -0.3 is 4.42 Å². The van der Waals surface area contributed by atoms with E-state index in [-0.39, 0.29) is 0 Å². The Morgan fingerprint density at radius 1 is 0.432 bits per heavy atom. The van der Waals surface area contributed by atoms with Gasteiger partial charge in [0, 0.05) is 27.1 Å². The van der Waals surface area contributed by atoms with Gasteiger partial charge in [-0.05, 0) is 35.4 Å². The fourth-order valence-electron chi connectivity index (χ4n) is 6.32. The predicted octanol–water partition coefficient (Wildman–Crippen LogP) is 9.87. The van der Waals surface area contributed by atoms with Crippen LogP contribution in [-0.4, -0.2) is 19.5 Å². The van der Waals surface area contributed by atoms with Crippen molar-refractivity contribution in [3.05, 3.63) is 146 Å². The Bertz CT molecular complexity index is 2490. The SMILES string of the molecule is c1ccc(-c2nc(-c3cccc4c3oc3ccccc34)nc(-n3c4ccccc4c4c(-c5ccccc5)cccc43)n2)cc1. The first-order valence-corrected chi connectivity index (χ1v) is 14.6. The molecular formula is C39H24N4O. The Morgan fingerprint density at radius 2 is 1.05 bits per heavy atom. The zero-order valence-electron chi connectivity index (χ0n) is 23.6. The quantitative estimate of drug-likeness (QED) is 0.213. The molecule has 5 nitrogen and oxygen atoms in total. The Morgan fingerprint density at radius 3 is 1.89 bits per heavy atom. The number of furan rings is 1. The maximum Gasteiger partial charge on any atom is 0.238 e. The standard InChI is InChI=1S/C39H24N4O/c1-3-13-25(14-4-1)27-19-12-23-33-35(27)30-18-7-9-22-32(30)43(33)39-41-37(26-15-5-2-6-16-26)40-38(42-39)31-21-11-20-29-28-17-8-10-24-34(28)44-36(29)31/h1-24H. The first-order valence-electron chi connectivity index (χ1n) is 14.6. The predicted molar refractivity (Wildman–Crippen MR) is 178 cm³/mol. The Balaban J connectivity index is 1.37. The van der Waals surface area contributed by atoms with E-state index >= 15 is 0 Å². The summed E-state index contributed by atoms with van der Waals surface area (Å²) in [6.07, 6.45) is 0. The van der Waals surface area contributed by atoms with Crippen LogP contribution >= 0.6 is 0 Å². The van der Waals surface area contributed by atoms with Crippen LogP contribution < -0.4 is 0 Å². The minimum atomic E-state index is 0.554. The lowest BCUT2D eigenvalue weighted by Crippen LogP contribution is -2.06. The van der Waals surface area contributed by atoms with Crippen LogP contribution in [0.5, 0.6) is 0 Å². The first kappa shape index (κ1) is 24.5. The van der Waals surface area contributed by atoms with Crippen molar-refractivity contribution >= 4 is 43.7 Å². The first-order chi connectivity index (χ1) is 21.8. The van der Waals surface area contributed by atoms with Gasteiger partial charge in [-0.2, -0.15) is 9.97 Å². The van der Waals surface area contributed by atoms with Crippen molar-refractivity contribution in [2.24, 2.45) is 0 Å². The highest BCUT2D eigenvalue weighted by atomic mass is 16.3. The van der Waals surface area contributed by atoms with Crippen LogP contribution in [0.15, 0.2) is 150 Å². The number of benzene rings is 6. The summed E-state index contributed by atoms with van der Waals surface area (Å²) >= 11 is 0. The van der Waals surface area contributed by atoms with Gasteiger partial charge in [0.1, 0.15) is 11.2 Å². The van der Waals surface area contributed by atoms with Gasteiger partial charge in [-0.1, -0.05) is 121 Å². The second-order valence-electron chi connectivity index (χ2n) is 10.8. The lowest BCUT2D eigenvalue weighted by molar-refractivity contribution is 0.669. The summed E-state index contributed by atoms with van der Waals surface area (Å²) in [7, 11) is 0. The van der Waals surface area contributed by atoms with Gasteiger partial charge in [0.25, 0.3) is 0 Å². The van der Waals surface area contributed by atoms with E-state index in [1.165, 1.54) is 11.1 Å². The number of rotatable bonds is 4. The Hall–Kier alpha value is -6.07. The van der Waals surface area contributed by atoms with Crippen LogP contribution in [0.1, 0.15) is 0 Å². The van der Waals surface area contributed by atoms with Crippen molar-refractivity contribution in [2.75, 3.05) is 0 Å². The molecule has 0 amide bonds. The molecule has 0 aliphatic carbocycles. The molecule has 5 heteroatoms. The van der Waals surface area contributed by atoms with Crippen LogP contribution in [0.2, 0.25) is 0 Å². The van der Waals surface area contributed by atoms with E-state index in [1.807, 2.05) is 66.7 Å².